The monoisotopic (exact) mass is 311 g/mol. The minimum Gasteiger partial charge on any atom is -0.464 e. The van der Waals surface area contributed by atoms with Crippen molar-refractivity contribution in [2.75, 3.05) is 11.9 Å². The fourth-order valence-corrected chi connectivity index (χ4v) is 2.49. The number of hydrogen-bond donors (Lipinski definition) is 1. The SMILES string of the molecule is CCOC(=O)C(C)(Nc1ccccc1Br)C1CC1. The standard InChI is InChI=1S/C14H18BrNO2/c1-3-18-13(17)14(2,10-8-9-10)16-12-7-5-4-6-11(12)15/h4-7,10,16H,3,8-9H2,1-2H3. The van der Waals surface area contributed by atoms with Gasteiger partial charge in [-0.1, -0.05) is 12.1 Å². The molecular weight excluding hydrogens is 294 g/mol. The minimum atomic E-state index is -0.625. The van der Waals surface area contributed by atoms with Crippen molar-refractivity contribution in [2.24, 2.45) is 5.92 Å². The molecule has 4 heteroatoms. The van der Waals surface area contributed by atoms with Crippen LogP contribution in [0.1, 0.15) is 26.7 Å². The molecule has 1 aliphatic carbocycles. The molecule has 98 valence electrons. The van der Waals surface area contributed by atoms with E-state index in [1.165, 1.54) is 0 Å². The van der Waals surface area contributed by atoms with Crippen LogP contribution in [0, 0.1) is 5.92 Å². The van der Waals surface area contributed by atoms with E-state index in [1.54, 1.807) is 0 Å². The van der Waals surface area contributed by atoms with Gasteiger partial charge in [-0.15, -0.1) is 0 Å². The Balaban J connectivity index is 2.21. The number of anilines is 1. The first-order chi connectivity index (χ1) is 8.58. The first kappa shape index (κ1) is 13.4. The van der Waals surface area contributed by atoms with E-state index in [-0.39, 0.29) is 5.97 Å². The lowest BCUT2D eigenvalue weighted by Gasteiger charge is -2.30. The van der Waals surface area contributed by atoms with E-state index in [0.29, 0.717) is 12.5 Å². The molecule has 3 nitrogen and oxygen atoms in total. The van der Waals surface area contributed by atoms with Gasteiger partial charge in [0.05, 0.1) is 6.61 Å². The largest absolute Gasteiger partial charge is 0.464 e. The molecule has 0 spiro atoms. The molecule has 1 unspecified atom stereocenters. The van der Waals surface area contributed by atoms with Crippen molar-refractivity contribution >= 4 is 27.6 Å². The second-order valence-electron chi connectivity index (χ2n) is 4.80. The van der Waals surface area contributed by atoms with Gasteiger partial charge in [-0.25, -0.2) is 4.79 Å². The zero-order chi connectivity index (χ0) is 13.2. The van der Waals surface area contributed by atoms with Crippen LogP contribution < -0.4 is 5.32 Å². The highest BCUT2D eigenvalue weighted by Gasteiger charge is 2.48. The number of carbonyl (C=O) groups excluding carboxylic acids is 1. The lowest BCUT2D eigenvalue weighted by atomic mass is 9.95. The minimum absolute atomic E-state index is 0.164. The molecule has 1 aliphatic rings. The second-order valence-corrected chi connectivity index (χ2v) is 5.66. The third-order valence-electron chi connectivity index (χ3n) is 3.36. The van der Waals surface area contributed by atoms with E-state index in [2.05, 4.69) is 21.2 Å². The van der Waals surface area contributed by atoms with Gasteiger partial charge in [0.2, 0.25) is 0 Å². The Morgan fingerprint density at radius 3 is 2.72 bits per heavy atom. The molecule has 1 aromatic carbocycles. The maximum Gasteiger partial charge on any atom is 0.331 e. The number of hydrogen-bond acceptors (Lipinski definition) is 3. The quantitative estimate of drug-likeness (QED) is 0.844. The van der Waals surface area contributed by atoms with E-state index < -0.39 is 5.54 Å². The maximum atomic E-state index is 12.2. The molecule has 0 aromatic heterocycles. The fraction of sp³-hybridized carbons (Fsp3) is 0.500. The zero-order valence-corrected chi connectivity index (χ0v) is 12.3. The summed E-state index contributed by atoms with van der Waals surface area (Å²) >= 11 is 3.49. The van der Waals surface area contributed by atoms with Crippen molar-refractivity contribution in [3.05, 3.63) is 28.7 Å². The van der Waals surface area contributed by atoms with Crippen molar-refractivity contribution in [3.63, 3.8) is 0 Å². The average molecular weight is 312 g/mol. The maximum absolute atomic E-state index is 12.2. The van der Waals surface area contributed by atoms with Crippen LogP contribution in [-0.2, 0) is 9.53 Å². The number of ether oxygens (including phenoxy) is 1. The summed E-state index contributed by atoms with van der Waals surface area (Å²) in [4.78, 5) is 12.2. The average Bonchev–Trinajstić information content (AvgIpc) is 3.16. The lowest BCUT2D eigenvalue weighted by Crippen LogP contribution is -2.47. The van der Waals surface area contributed by atoms with Crippen LogP contribution in [0.5, 0.6) is 0 Å². The van der Waals surface area contributed by atoms with E-state index >= 15 is 0 Å². The van der Waals surface area contributed by atoms with Crippen LogP contribution in [0.25, 0.3) is 0 Å². The Labute approximate surface area is 116 Å². The van der Waals surface area contributed by atoms with E-state index in [9.17, 15) is 4.79 Å². The van der Waals surface area contributed by atoms with Gasteiger partial charge in [-0.05, 0) is 60.7 Å². The third-order valence-corrected chi connectivity index (χ3v) is 4.05. The molecule has 0 aliphatic heterocycles. The van der Waals surface area contributed by atoms with Crippen molar-refractivity contribution < 1.29 is 9.53 Å². The van der Waals surface area contributed by atoms with Crippen LogP contribution >= 0.6 is 15.9 Å². The first-order valence-corrected chi connectivity index (χ1v) is 7.07. The number of rotatable bonds is 5. The zero-order valence-electron chi connectivity index (χ0n) is 10.7. The van der Waals surface area contributed by atoms with Gasteiger partial charge in [0.25, 0.3) is 0 Å². The van der Waals surface area contributed by atoms with Gasteiger partial charge in [-0.3, -0.25) is 0 Å². The summed E-state index contributed by atoms with van der Waals surface area (Å²) in [6.45, 7) is 4.19. The molecular formula is C14H18BrNO2. The van der Waals surface area contributed by atoms with Crippen LogP contribution in [0.2, 0.25) is 0 Å². The Bertz CT molecular complexity index is 445. The molecule has 0 amide bonds. The summed E-state index contributed by atoms with van der Waals surface area (Å²) in [7, 11) is 0. The summed E-state index contributed by atoms with van der Waals surface area (Å²) in [5.41, 5.74) is 0.305. The number of halogens is 1. The van der Waals surface area contributed by atoms with E-state index in [0.717, 1.165) is 23.0 Å². The van der Waals surface area contributed by atoms with Crippen molar-refractivity contribution in [2.45, 2.75) is 32.2 Å². The van der Waals surface area contributed by atoms with Crippen molar-refractivity contribution in [1.29, 1.82) is 0 Å². The van der Waals surface area contributed by atoms with Crippen LogP contribution in [-0.4, -0.2) is 18.1 Å². The molecule has 0 radical (unpaired) electrons. The van der Waals surface area contributed by atoms with Crippen molar-refractivity contribution in [1.82, 2.24) is 0 Å². The normalized spacial score (nSPS) is 17.9. The van der Waals surface area contributed by atoms with Gasteiger partial charge in [0.15, 0.2) is 0 Å². The summed E-state index contributed by atoms with van der Waals surface area (Å²) in [6.07, 6.45) is 2.15. The first-order valence-electron chi connectivity index (χ1n) is 6.28. The van der Waals surface area contributed by atoms with Crippen molar-refractivity contribution in [3.8, 4) is 0 Å². The van der Waals surface area contributed by atoms with Gasteiger partial charge in [0, 0.05) is 10.2 Å². The number of carbonyl (C=O) groups is 1. The number of benzene rings is 1. The molecule has 0 bridgehead atoms. The summed E-state index contributed by atoms with van der Waals surface area (Å²) in [6, 6.07) is 7.82. The lowest BCUT2D eigenvalue weighted by molar-refractivity contribution is -0.148. The highest BCUT2D eigenvalue weighted by molar-refractivity contribution is 9.10. The van der Waals surface area contributed by atoms with Crippen LogP contribution in [0.3, 0.4) is 0 Å². The number of para-hydroxylation sites is 1. The van der Waals surface area contributed by atoms with Crippen LogP contribution in [0.15, 0.2) is 28.7 Å². The highest BCUT2D eigenvalue weighted by atomic mass is 79.9. The predicted molar refractivity (Wildman–Crippen MR) is 75.5 cm³/mol. The molecule has 18 heavy (non-hydrogen) atoms. The molecule has 0 saturated heterocycles. The summed E-state index contributed by atoms with van der Waals surface area (Å²) < 4.78 is 6.16. The van der Waals surface area contributed by atoms with Gasteiger partial charge in [-0.2, -0.15) is 0 Å². The molecule has 1 aromatic rings. The molecule has 1 N–H and O–H groups in total. The Kier molecular flexibility index (Phi) is 3.95. The molecule has 2 rings (SSSR count). The molecule has 1 atom stereocenters. The molecule has 0 heterocycles. The number of esters is 1. The van der Waals surface area contributed by atoms with E-state index in [1.807, 2.05) is 38.1 Å². The second kappa shape index (κ2) is 5.31. The topological polar surface area (TPSA) is 38.3 Å². The molecule has 1 saturated carbocycles. The summed E-state index contributed by atoms with van der Waals surface area (Å²) in [5, 5.41) is 3.35. The smallest absolute Gasteiger partial charge is 0.331 e. The molecule has 1 fully saturated rings. The Hall–Kier alpha value is -1.03. The Morgan fingerprint density at radius 1 is 1.50 bits per heavy atom. The van der Waals surface area contributed by atoms with Crippen LogP contribution in [0.4, 0.5) is 5.69 Å². The Morgan fingerprint density at radius 2 is 2.17 bits per heavy atom. The predicted octanol–water partition coefficient (Wildman–Crippen LogP) is 3.59. The third kappa shape index (κ3) is 2.69. The summed E-state index contributed by atoms with van der Waals surface area (Å²) in [5.74, 6) is 0.201. The fourth-order valence-electron chi connectivity index (χ4n) is 2.10. The van der Waals surface area contributed by atoms with Gasteiger partial charge >= 0.3 is 5.97 Å². The highest BCUT2D eigenvalue weighted by Crippen LogP contribution is 2.43. The van der Waals surface area contributed by atoms with E-state index in [4.69, 9.17) is 4.74 Å². The van der Waals surface area contributed by atoms with Gasteiger partial charge in [0.1, 0.15) is 5.54 Å². The van der Waals surface area contributed by atoms with Gasteiger partial charge < -0.3 is 10.1 Å². The number of nitrogens with one attached hydrogen (secondary N) is 1.